The molecule has 0 radical (unpaired) electrons. The minimum absolute atomic E-state index is 0.138. The Morgan fingerprint density at radius 3 is 2.93 bits per heavy atom. The summed E-state index contributed by atoms with van der Waals surface area (Å²) in [6, 6.07) is 0. The fourth-order valence-electron chi connectivity index (χ4n) is 1.43. The number of carbonyl (C=O) groups is 2. The monoisotopic (exact) mass is 200 g/mol. The second-order valence-corrected chi connectivity index (χ2v) is 3.78. The first kappa shape index (κ1) is 11.2. The van der Waals surface area contributed by atoms with E-state index >= 15 is 0 Å². The average molecular weight is 200 g/mol. The summed E-state index contributed by atoms with van der Waals surface area (Å²) in [4.78, 5) is 21.4. The van der Waals surface area contributed by atoms with Crippen LogP contribution in [0.3, 0.4) is 0 Å². The van der Waals surface area contributed by atoms with Crippen molar-refractivity contribution in [2.24, 2.45) is 5.92 Å². The van der Waals surface area contributed by atoms with Crippen LogP contribution < -0.4 is 0 Å². The summed E-state index contributed by atoms with van der Waals surface area (Å²) >= 11 is 0. The fourth-order valence-corrected chi connectivity index (χ4v) is 1.43. The van der Waals surface area contributed by atoms with Crippen LogP contribution in [0.25, 0.3) is 0 Å². The minimum Gasteiger partial charge on any atom is -0.460 e. The van der Waals surface area contributed by atoms with E-state index in [-0.39, 0.29) is 30.5 Å². The fraction of sp³-hybridized carbons (Fsp3) is 0.800. The van der Waals surface area contributed by atoms with Crippen molar-refractivity contribution in [2.45, 2.75) is 38.9 Å². The van der Waals surface area contributed by atoms with Crippen molar-refractivity contribution >= 4 is 12.3 Å². The van der Waals surface area contributed by atoms with Gasteiger partial charge in [-0.25, -0.2) is 0 Å². The number of esters is 1. The number of ether oxygens (including phenoxy) is 2. The van der Waals surface area contributed by atoms with E-state index in [1.165, 1.54) is 0 Å². The zero-order chi connectivity index (χ0) is 10.6. The zero-order valence-electron chi connectivity index (χ0n) is 8.56. The van der Waals surface area contributed by atoms with Crippen LogP contribution in [0.2, 0.25) is 0 Å². The molecule has 1 rings (SSSR count). The van der Waals surface area contributed by atoms with Crippen molar-refractivity contribution in [1.82, 2.24) is 0 Å². The predicted molar refractivity (Wildman–Crippen MR) is 49.8 cm³/mol. The molecule has 0 aromatic carbocycles. The summed E-state index contributed by atoms with van der Waals surface area (Å²) in [7, 11) is 0. The first-order valence-corrected chi connectivity index (χ1v) is 4.89. The summed E-state index contributed by atoms with van der Waals surface area (Å²) in [5.74, 6) is -0.525. The van der Waals surface area contributed by atoms with Gasteiger partial charge in [0.2, 0.25) is 0 Å². The van der Waals surface area contributed by atoms with Crippen LogP contribution in [0.1, 0.15) is 26.7 Å². The maximum Gasteiger partial charge on any atom is 0.309 e. The lowest BCUT2D eigenvalue weighted by molar-refractivity contribution is -0.147. The normalized spacial score (nSPS) is 26.6. The Bertz CT molecular complexity index is 212. The maximum atomic E-state index is 11.2. The lowest BCUT2D eigenvalue weighted by atomic mass is 10.0. The van der Waals surface area contributed by atoms with Gasteiger partial charge in [-0.15, -0.1) is 0 Å². The summed E-state index contributed by atoms with van der Waals surface area (Å²) in [5, 5.41) is 0. The molecule has 4 heteroatoms. The second-order valence-electron chi connectivity index (χ2n) is 3.78. The van der Waals surface area contributed by atoms with Crippen LogP contribution in [0.4, 0.5) is 0 Å². The quantitative estimate of drug-likeness (QED) is 0.489. The Kier molecular flexibility index (Phi) is 4.07. The van der Waals surface area contributed by atoms with Crippen LogP contribution >= 0.6 is 0 Å². The molecule has 2 unspecified atom stereocenters. The van der Waals surface area contributed by atoms with Gasteiger partial charge in [-0.05, 0) is 13.8 Å². The Morgan fingerprint density at radius 1 is 1.64 bits per heavy atom. The number of carbonyl (C=O) groups excluding carboxylic acids is 2. The molecule has 1 saturated heterocycles. The third kappa shape index (κ3) is 3.10. The smallest absolute Gasteiger partial charge is 0.309 e. The molecule has 0 aliphatic carbocycles. The molecular weight excluding hydrogens is 184 g/mol. The molecule has 0 amide bonds. The molecule has 14 heavy (non-hydrogen) atoms. The van der Waals surface area contributed by atoms with E-state index in [0.717, 1.165) is 6.29 Å². The van der Waals surface area contributed by atoms with Gasteiger partial charge in [-0.3, -0.25) is 4.79 Å². The molecule has 1 aliphatic heterocycles. The highest BCUT2D eigenvalue weighted by molar-refractivity contribution is 5.77. The average Bonchev–Trinajstić information content (AvgIpc) is 2.45. The molecule has 0 aromatic heterocycles. The lowest BCUT2D eigenvalue weighted by Gasteiger charge is -2.11. The number of hydrogen-bond acceptors (Lipinski definition) is 4. The first-order valence-electron chi connectivity index (χ1n) is 4.89. The maximum absolute atomic E-state index is 11.2. The van der Waals surface area contributed by atoms with Gasteiger partial charge in [0.1, 0.15) is 12.4 Å². The van der Waals surface area contributed by atoms with Crippen LogP contribution in [-0.2, 0) is 19.1 Å². The van der Waals surface area contributed by atoms with E-state index in [9.17, 15) is 9.59 Å². The number of aldehydes is 1. The number of cyclic esters (lactones) is 1. The second kappa shape index (κ2) is 5.10. The Hall–Kier alpha value is -0.900. The molecule has 1 aliphatic rings. The first-order chi connectivity index (χ1) is 6.63. The number of rotatable bonds is 5. The van der Waals surface area contributed by atoms with Crippen LogP contribution in [0.5, 0.6) is 0 Å². The molecular formula is C10H16O4. The highest BCUT2D eigenvalue weighted by Gasteiger charge is 2.34. The van der Waals surface area contributed by atoms with E-state index in [1.807, 2.05) is 13.8 Å². The van der Waals surface area contributed by atoms with E-state index in [1.54, 1.807) is 0 Å². The van der Waals surface area contributed by atoms with Crippen LogP contribution in [0.15, 0.2) is 0 Å². The summed E-state index contributed by atoms with van der Waals surface area (Å²) in [6.45, 7) is 4.29. The van der Waals surface area contributed by atoms with Crippen LogP contribution in [-0.4, -0.2) is 31.1 Å². The molecule has 1 heterocycles. The van der Waals surface area contributed by atoms with Gasteiger partial charge in [0, 0.05) is 12.8 Å². The minimum atomic E-state index is -0.269. The van der Waals surface area contributed by atoms with Crippen LogP contribution in [0, 0.1) is 5.92 Å². The van der Waals surface area contributed by atoms with Crippen molar-refractivity contribution in [2.75, 3.05) is 6.61 Å². The van der Waals surface area contributed by atoms with Gasteiger partial charge in [0.25, 0.3) is 0 Å². The van der Waals surface area contributed by atoms with Crippen molar-refractivity contribution in [3.05, 3.63) is 0 Å². The summed E-state index contributed by atoms with van der Waals surface area (Å²) in [6.07, 6.45) is 1.59. The van der Waals surface area contributed by atoms with E-state index in [0.29, 0.717) is 13.0 Å². The van der Waals surface area contributed by atoms with Gasteiger partial charge >= 0.3 is 5.97 Å². The largest absolute Gasteiger partial charge is 0.460 e. The Balaban J connectivity index is 2.31. The third-order valence-electron chi connectivity index (χ3n) is 2.16. The Labute approximate surface area is 83.6 Å². The molecule has 1 fully saturated rings. The van der Waals surface area contributed by atoms with E-state index in [2.05, 4.69) is 0 Å². The Morgan fingerprint density at radius 2 is 2.36 bits per heavy atom. The lowest BCUT2D eigenvalue weighted by Crippen LogP contribution is -2.18. The van der Waals surface area contributed by atoms with Gasteiger partial charge in [0.15, 0.2) is 0 Å². The molecule has 0 aromatic rings. The van der Waals surface area contributed by atoms with Crippen molar-refractivity contribution < 1.29 is 19.1 Å². The van der Waals surface area contributed by atoms with Gasteiger partial charge < -0.3 is 14.3 Å². The molecule has 80 valence electrons. The molecule has 0 saturated carbocycles. The summed E-state index contributed by atoms with van der Waals surface area (Å²) in [5.41, 5.74) is 0. The predicted octanol–water partition coefficient (Wildman–Crippen LogP) is 0.932. The molecule has 2 atom stereocenters. The molecule has 0 N–H and O–H groups in total. The SMILES string of the molecule is CC(C)OCC1CC(CC=O)C(=O)O1. The summed E-state index contributed by atoms with van der Waals surface area (Å²) < 4.78 is 10.4. The standard InChI is InChI=1S/C10H16O4/c1-7(2)13-6-9-5-8(3-4-11)10(12)14-9/h4,7-9H,3,5-6H2,1-2H3. The highest BCUT2D eigenvalue weighted by atomic mass is 16.6. The van der Waals surface area contributed by atoms with Crippen molar-refractivity contribution in [3.63, 3.8) is 0 Å². The highest BCUT2D eigenvalue weighted by Crippen LogP contribution is 2.23. The van der Waals surface area contributed by atoms with Gasteiger partial charge in [0.05, 0.1) is 18.6 Å². The third-order valence-corrected chi connectivity index (χ3v) is 2.16. The van der Waals surface area contributed by atoms with Crippen molar-refractivity contribution in [1.29, 1.82) is 0 Å². The van der Waals surface area contributed by atoms with Crippen molar-refractivity contribution in [3.8, 4) is 0 Å². The van der Waals surface area contributed by atoms with Gasteiger partial charge in [-0.1, -0.05) is 0 Å². The van der Waals surface area contributed by atoms with E-state index < -0.39 is 0 Å². The number of hydrogen-bond donors (Lipinski definition) is 0. The molecule has 0 spiro atoms. The molecule has 4 nitrogen and oxygen atoms in total. The zero-order valence-corrected chi connectivity index (χ0v) is 8.56. The van der Waals surface area contributed by atoms with Gasteiger partial charge in [-0.2, -0.15) is 0 Å². The molecule has 0 bridgehead atoms. The topological polar surface area (TPSA) is 52.6 Å². The van der Waals surface area contributed by atoms with E-state index in [4.69, 9.17) is 9.47 Å².